The normalized spacial score (nSPS) is 18.0. The Morgan fingerprint density at radius 3 is 3.00 bits per heavy atom. The first kappa shape index (κ1) is 16.8. The van der Waals surface area contributed by atoms with Crippen molar-refractivity contribution in [2.24, 2.45) is 5.92 Å². The standard InChI is InChI=1S/C17H23N3O.ClH/c1-2-9-20-10-7-13-5-6-15(11-16(13)20)19-17(21)14-4-3-8-18-12-14;/h5-7,10-11,14,18H,2-4,8-9,12H2,1H3,(H,19,21);1H. The molecule has 2 aromatic rings. The summed E-state index contributed by atoms with van der Waals surface area (Å²) in [6.45, 7) is 5.00. The lowest BCUT2D eigenvalue weighted by molar-refractivity contribution is -0.120. The van der Waals surface area contributed by atoms with E-state index < -0.39 is 0 Å². The number of halogens is 1. The maximum Gasteiger partial charge on any atom is 0.228 e. The number of aryl methyl sites for hydroxylation is 1. The van der Waals surface area contributed by atoms with Crippen molar-refractivity contribution in [3.63, 3.8) is 0 Å². The van der Waals surface area contributed by atoms with E-state index in [9.17, 15) is 4.79 Å². The van der Waals surface area contributed by atoms with Gasteiger partial charge in [-0.15, -0.1) is 12.4 Å². The first-order valence-electron chi connectivity index (χ1n) is 7.88. The molecule has 1 aliphatic rings. The van der Waals surface area contributed by atoms with E-state index in [2.05, 4.69) is 46.5 Å². The number of hydrogen-bond donors (Lipinski definition) is 2. The Labute approximate surface area is 137 Å². The molecule has 1 fully saturated rings. The van der Waals surface area contributed by atoms with E-state index in [1.165, 1.54) is 10.9 Å². The molecule has 0 aliphatic carbocycles. The molecular formula is C17H24ClN3O. The monoisotopic (exact) mass is 321 g/mol. The van der Waals surface area contributed by atoms with Crippen molar-refractivity contribution < 1.29 is 4.79 Å². The van der Waals surface area contributed by atoms with Gasteiger partial charge in [0.05, 0.1) is 11.4 Å². The summed E-state index contributed by atoms with van der Waals surface area (Å²) in [5.41, 5.74) is 2.09. The zero-order chi connectivity index (χ0) is 14.7. The van der Waals surface area contributed by atoms with Crippen LogP contribution >= 0.6 is 12.4 Å². The SMILES string of the molecule is CCCn1ccc2ccc(NC(=O)C3CCCNC3)cc21.Cl. The Morgan fingerprint density at radius 1 is 1.41 bits per heavy atom. The third kappa shape index (κ3) is 3.62. The maximum absolute atomic E-state index is 12.3. The minimum atomic E-state index is 0. The Hall–Kier alpha value is -1.52. The number of aromatic nitrogens is 1. The molecule has 1 unspecified atom stereocenters. The van der Waals surface area contributed by atoms with E-state index in [1.807, 2.05) is 6.07 Å². The van der Waals surface area contributed by atoms with E-state index >= 15 is 0 Å². The van der Waals surface area contributed by atoms with Crippen LogP contribution in [0, 0.1) is 5.92 Å². The number of nitrogens with one attached hydrogen (secondary N) is 2. The fraction of sp³-hybridized carbons (Fsp3) is 0.471. The van der Waals surface area contributed by atoms with Crippen molar-refractivity contribution in [1.29, 1.82) is 0 Å². The second-order valence-electron chi connectivity index (χ2n) is 5.82. The molecule has 1 aromatic heterocycles. The summed E-state index contributed by atoms with van der Waals surface area (Å²) in [5.74, 6) is 0.229. The highest BCUT2D eigenvalue weighted by atomic mass is 35.5. The molecule has 4 nitrogen and oxygen atoms in total. The zero-order valence-electron chi connectivity index (χ0n) is 13.0. The van der Waals surface area contributed by atoms with Gasteiger partial charge in [-0.1, -0.05) is 13.0 Å². The van der Waals surface area contributed by atoms with Crippen LogP contribution in [0.25, 0.3) is 10.9 Å². The predicted molar refractivity (Wildman–Crippen MR) is 93.7 cm³/mol. The molecule has 0 saturated carbocycles. The summed E-state index contributed by atoms with van der Waals surface area (Å²) < 4.78 is 2.24. The van der Waals surface area contributed by atoms with Crippen molar-refractivity contribution in [2.45, 2.75) is 32.7 Å². The summed E-state index contributed by atoms with van der Waals surface area (Å²) in [5, 5.41) is 7.58. The van der Waals surface area contributed by atoms with E-state index in [0.29, 0.717) is 0 Å². The molecule has 1 amide bonds. The molecule has 1 aliphatic heterocycles. The van der Waals surface area contributed by atoms with Crippen molar-refractivity contribution in [3.05, 3.63) is 30.5 Å². The van der Waals surface area contributed by atoms with Crippen LogP contribution in [0.3, 0.4) is 0 Å². The van der Waals surface area contributed by atoms with Crippen LogP contribution in [-0.4, -0.2) is 23.6 Å². The molecule has 3 rings (SSSR count). The van der Waals surface area contributed by atoms with Gasteiger partial charge >= 0.3 is 0 Å². The number of nitrogens with zero attached hydrogens (tertiary/aromatic N) is 1. The second-order valence-corrected chi connectivity index (χ2v) is 5.82. The van der Waals surface area contributed by atoms with Gasteiger partial charge in [0.15, 0.2) is 0 Å². The summed E-state index contributed by atoms with van der Waals surface area (Å²) in [7, 11) is 0. The molecule has 0 spiro atoms. The van der Waals surface area contributed by atoms with Crippen LogP contribution < -0.4 is 10.6 Å². The Balaban J connectivity index is 0.00000176. The number of hydrogen-bond acceptors (Lipinski definition) is 2. The Kier molecular flexibility index (Phi) is 5.86. The number of benzene rings is 1. The minimum absolute atomic E-state index is 0. The molecule has 1 saturated heterocycles. The van der Waals surface area contributed by atoms with Gasteiger partial charge in [0.1, 0.15) is 0 Å². The summed E-state index contributed by atoms with van der Waals surface area (Å²) in [4.78, 5) is 12.3. The number of rotatable bonds is 4. The number of carbonyl (C=O) groups is 1. The summed E-state index contributed by atoms with van der Waals surface area (Å²) >= 11 is 0. The number of piperidine rings is 1. The average Bonchev–Trinajstić information content (AvgIpc) is 2.91. The molecule has 1 atom stereocenters. The van der Waals surface area contributed by atoms with E-state index in [0.717, 1.165) is 44.6 Å². The first-order valence-corrected chi connectivity index (χ1v) is 7.88. The molecule has 120 valence electrons. The van der Waals surface area contributed by atoms with E-state index in [-0.39, 0.29) is 24.2 Å². The lowest BCUT2D eigenvalue weighted by Gasteiger charge is -2.21. The van der Waals surface area contributed by atoms with Gasteiger partial charge in [-0.25, -0.2) is 0 Å². The highest BCUT2D eigenvalue weighted by molar-refractivity contribution is 5.95. The van der Waals surface area contributed by atoms with Crippen LogP contribution in [0.1, 0.15) is 26.2 Å². The van der Waals surface area contributed by atoms with E-state index in [4.69, 9.17) is 0 Å². The van der Waals surface area contributed by atoms with Gasteiger partial charge in [0.25, 0.3) is 0 Å². The highest BCUT2D eigenvalue weighted by Gasteiger charge is 2.20. The van der Waals surface area contributed by atoms with E-state index in [1.54, 1.807) is 0 Å². The Morgan fingerprint density at radius 2 is 2.27 bits per heavy atom. The van der Waals surface area contributed by atoms with Gasteiger partial charge in [0, 0.05) is 25.0 Å². The molecule has 0 bridgehead atoms. The van der Waals surface area contributed by atoms with Crippen molar-refractivity contribution in [3.8, 4) is 0 Å². The third-order valence-corrected chi connectivity index (χ3v) is 4.17. The van der Waals surface area contributed by atoms with Crippen LogP contribution in [0.4, 0.5) is 5.69 Å². The topological polar surface area (TPSA) is 46.1 Å². The van der Waals surface area contributed by atoms with Gasteiger partial charge in [-0.3, -0.25) is 4.79 Å². The van der Waals surface area contributed by atoms with Gasteiger partial charge in [-0.2, -0.15) is 0 Å². The van der Waals surface area contributed by atoms with Crippen LogP contribution in [0.2, 0.25) is 0 Å². The highest BCUT2D eigenvalue weighted by Crippen LogP contribution is 2.22. The smallest absolute Gasteiger partial charge is 0.228 e. The second kappa shape index (κ2) is 7.65. The van der Waals surface area contributed by atoms with Gasteiger partial charge < -0.3 is 15.2 Å². The predicted octanol–water partition coefficient (Wildman–Crippen LogP) is 3.41. The van der Waals surface area contributed by atoms with Gasteiger partial charge in [0.2, 0.25) is 5.91 Å². The lowest BCUT2D eigenvalue weighted by Crippen LogP contribution is -2.37. The van der Waals surface area contributed by atoms with Crippen molar-refractivity contribution >= 4 is 34.9 Å². The quantitative estimate of drug-likeness (QED) is 0.906. The summed E-state index contributed by atoms with van der Waals surface area (Å²) in [6.07, 6.45) is 5.28. The number of anilines is 1. The average molecular weight is 322 g/mol. The largest absolute Gasteiger partial charge is 0.347 e. The molecule has 5 heteroatoms. The fourth-order valence-electron chi connectivity index (χ4n) is 3.02. The molecule has 0 radical (unpaired) electrons. The minimum Gasteiger partial charge on any atom is -0.347 e. The lowest BCUT2D eigenvalue weighted by atomic mass is 9.99. The van der Waals surface area contributed by atoms with Crippen molar-refractivity contribution in [1.82, 2.24) is 9.88 Å². The molecule has 2 N–H and O–H groups in total. The van der Waals surface area contributed by atoms with Crippen molar-refractivity contribution in [2.75, 3.05) is 18.4 Å². The maximum atomic E-state index is 12.3. The molecule has 1 aromatic carbocycles. The number of carbonyl (C=O) groups excluding carboxylic acids is 1. The third-order valence-electron chi connectivity index (χ3n) is 4.17. The Bertz CT molecular complexity index is 632. The molecule has 22 heavy (non-hydrogen) atoms. The van der Waals surface area contributed by atoms with Gasteiger partial charge in [-0.05, 0) is 49.4 Å². The summed E-state index contributed by atoms with van der Waals surface area (Å²) in [6, 6.07) is 8.28. The van der Waals surface area contributed by atoms with Crippen LogP contribution in [0.15, 0.2) is 30.5 Å². The first-order chi connectivity index (χ1) is 10.3. The molecule has 2 heterocycles. The van der Waals surface area contributed by atoms with Crippen LogP contribution in [-0.2, 0) is 11.3 Å². The molecular weight excluding hydrogens is 298 g/mol. The van der Waals surface area contributed by atoms with Crippen LogP contribution in [0.5, 0.6) is 0 Å². The number of fused-ring (bicyclic) bond motifs is 1. The number of amides is 1. The fourth-order valence-corrected chi connectivity index (χ4v) is 3.02. The zero-order valence-corrected chi connectivity index (χ0v) is 13.8.